The molecule has 0 aliphatic heterocycles. The Balaban J connectivity index is 2.40. The van der Waals surface area contributed by atoms with Crippen molar-refractivity contribution in [1.29, 1.82) is 0 Å². The molecule has 2 rings (SSSR count). The van der Waals surface area contributed by atoms with Crippen LogP contribution in [0.3, 0.4) is 0 Å². The standard InChI is InChI=1S/C13H14FNS/c1-9-6-7-13(16-9)11(8-15)10-4-2-3-5-12(10)14/h2-7,11H,8,15H2,1H3. The lowest BCUT2D eigenvalue weighted by Gasteiger charge is -2.14. The van der Waals surface area contributed by atoms with E-state index in [1.807, 2.05) is 31.2 Å². The number of thiophene rings is 1. The molecule has 0 aliphatic rings. The van der Waals surface area contributed by atoms with Crippen molar-refractivity contribution in [3.8, 4) is 0 Å². The zero-order valence-corrected chi connectivity index (χ0v) is 9.93. The van der Waals surface area contributed by atoms with Crippen LogP contribution in [-0.4, -0.2) is 6.54 Å². The van der Waals surface area contributed by atoms with Crippen LogP contribution in [-0.2, 0) is 0 Å². The molecule has 1 nitrogen and oxygen atoms in total. The quantitative estimate of drug-likeness (QED) is 0.868. The monoisotopic (exact) mass is 235 g/mol. The third kappa shape index (κ3) is 2.15. The molecule has 1 atom stereocenters. The molecular formula is C13H14FNS. The molecule has 0 aliphatic carbocycles. The minimum absolute atomic E-state index is 0.0279. The molecule has 1 heterocycles. The van der Waals surface area contributed by atoms with Gasteiger partial charge in [-0.3, -0.25) is 0 Å². The predicted octanol–water partition coefficient (Wildman–Crippen LogP) is 3.29. The van der Waals surface area contributed by atoms with Crippen LogP contribution in [0.1, 0.15) is 21.2 Å². The first-order valence-electron chi connectivity index (χ1n) is 5.23. The Morgan fingerprint density at radius 1 is 1.25 bits per heavy atom. The second kappa shape index (κ2) is 4.76. The largest absolute Gasteiger partial charge is 0.329 e. The Hall–Kier alpha value is -1.19. The number of nitrogens with two attached hydrogens (primary N) is 1. The number of rotatable bonds is 3. The average Bonchev–Trinajstić information content (AvgIpc) is 2.69. The molecule has 0 fully saturated rings. The number of halogens is 1. The molecular weight excluding hydrogens is 221 g/mol. The lowest BCUT2D eigenvalue weighted by atomic mass is 9.97. The molecule has 3 heteroatoms. The SMILES string of the molecule is Cc1ccc(C(CN)c2ccccc2F)s1. The van der Waals surface area contributed by atoms with Crippen LogP contribution in [0.2, 0.25) is 0 Å². The van der Waals surface area contributed by atoms with Gasteiger partial charge in [0, 0.05) is 22.2 Å². The van der Waals surface area contributed by atoms with Gasteiger partial charge in [0.2, 0.25) is 0 Å². The summed E-state index contributed by atoms with van der Waals surface area (Å²) in [6, 6.07) is 10.9. The predicted molar refractivity (Wildman–Crippen MR) is 66.4 cm³/mol. The molecule has 0 amide bonds. The second-order valence-electron chi connectivity index (χ2n) is 3.76. The molecule has 2 aromatic rings. The van der Waals surface area contributed by atoms with Gasteiger partial charge in [-0.1, -0.05) is 18.2 Å². The molecule has 1 unspecified atom stereocenters. The van der Waals surface area contributed by atoms with Crippen LogP contribution in [0.25, 0.3) is 0 Å². The highest BCUT2D eigenvalue weighted by Crippen LogP contribution is 2.30. The molecule has 2 N–H and O–H groups in total. The lowest BCUT2D eigenvalue weighted by Crippen LogP contribution is -2.14. The zero-order chi connectivity index (χ0) is 11.5. The number of hydrogen-bond donors (Lipinski definition) is 1. The first-order valence-corrected chi connectivity index (χ1v) is 6.05. The molecule has 0 radical (unpaired) electrons. The van der Waals surface area contributed by atoms with Crippen molar-refractivity contribution in [2.45, 2.75) is 12.8 Å². The topological polar surface area (TPSA) is 26.0 Å². The van der Waals surface area contributed by atoms with Gasteiger partial charge < -0.3 is 5.73 Å². The Morgan fingerprint density at radius 2 is 2.00 bits per heavy atom. The van der Waals surface area contributed by atoms with Crippen LogP contribution in [0.15, 0.2) is 36.4 Å². The van der Waals surface area contributed by atoms with E-state index >= 15 is 0 Å². The van der Waals surface area contributed by atoms with Gasteiger partial charge in [0.1, 0.15) is 5.82 Å². The fourth-order valence-electron chi connectivity index (χ4n) is 1.79. The zero-order valence-electron chi connectivity index (χ0n) is 9.11. The highest BCUT2D eigenvalue weighted by Gasteiger charge is 2.17. The maximum absolute atomic E-state index is 13.7. The van der Waals surface area contributed by atoms with E-state index < -0.39 is 0 Å². The van der Waals surface area contributed by atoms with Crippen LogP contribution >= 0.6 is 11.3 Å². The van der Waals surface area contributed by atoms with Crippen LogP contribution < -0.4 is 5.73 Å². The van der Waals surface area contributed by atoms with Crippen molar-refractivity contribution in [1.82, 2.24) is 0 Å². The van der Waals surface area contributed by atoms with E-state index in [9.17, 15) is 4.39 Å². The summed E-state index contributed by atoms with van der Waals surface area (Å²) < 4.78 is 13.7. The Kier molecular flexibility index (Phi) is 3.36. The first kappa shape index (κ1) is 11.3. The summed E-state index contributed by atoms with van der Waals surface area (Å²) in [5.74, 6) is -0.205. The summed E-state index contributed by atoms with van der Waals surface area (Å²) in [6.07, 6.45) is 0. The van der Waals surface area contributed by atoms with Crippen molar-refractivity contribution >= 4 is 11.3 Å². The third-order valence-electron chi connectivity index (χ3n) is 2.62. The molecule has 0 saturated heterocycles. The van der Waals surface area contributed by atoms with Crippen molar-refractivity contribution in [3.05, 3.63) is 57.5 Å². The van der Waals surface area contributed by atoms with E-state index in [-0.39, 0.29) is 11.7 Å². The van der Waals surface area contributed by atoms with E-state index in [0.717, 1.165) is 4.88 Å². The molecule has 0 spiro atoms. The van der Waals surface area contributed by atoms with E-state index in [2.05, 4.69) is 0 Å². The van der Waals surface area contributed by atoms with Gasteiger partial charge in [-0.15, -0.1) is 11.3 Å². The number of aryl methyl sites for hydroxylation is 1. The van der Waals surface area contributed by atoms with Gasteiger partial charge in [0.25, 0.3) is 0 Å². The second-order valence-corrected chi connectivity index (χ2v) is 5.08. The summed E-state index contributed by atoms with van der Waals surface area (Å²) in [4.78, 5) is 2.36. The van der Waals surface area contributed by atoms with E-state index in [1.165, 1.54) is 10.9 Å². The van der Waals surface area contributed by atoms with Gasteiger partial charge in [-0.05, 0) is 30.7 Å². The van der Waals surface area contributed by atoms with Crippen molar-refractivity contribution in [2.24, 2.45) is 5.73 Å². The maximum atomic E-state index is 13.7. The Morgan fingerprint density at radius 3 is 2.56 bits per heavy atom. The fourth-order valence-corrected chi connectivity index (χ4v) is 2.80. The fraction of sp³-hybridized carbons (Fsp3) is 0.231. The van der Waals surface area contributed by atoms with Crippen molar-refractivity contribution < 1.29 is 4.39 Å². The van der Waals surface area contributed by atoms with Crippen LogP contribution in [0.4, 0.5) is 4.39 Å². The molecule has 0 saturated carbocycles. The van der Waals surface area contributed by atoms with E-state index in [0.29, 0.717) is 12.1 Å². The van der Waals surface area contributed by atoms with Gasteiger partial charge in [0.05, 0.1) is 0 Å². The molecule has 16 heavy (non-hydrogen) atoms. The first-order chi connectivity index (χ1) is 7.72. The smallest absolute Gasteiger partial charge is 0.127 e. The minimum Gasteiger partial charge on any atom is -0.329 e. The average molecular weight is 235 g/mol. The Bertz CT molecular complexity index is 478. The van der Waals surface area contributed by atoms with Crippen LogP contribution in [0, 0.1) is 12.7 Å². The van der Waals surface area contributed by atoms with Gasteiger partial charge in [0.15, 0.2) is 0 Å². The summed E-state index contributed by atoms with van der Waals surface area (Å²) >= 11 is 1.68. The summed E-state index contributed by atoms with van der Waals surface area (Å²) in [5.41, 5.74) is 6.44. The molecule has 84 valence electrons. The van der Waals surface area contributed by atoms with Gasteiger partial charge in [-0.2, -0.15) is 0 Å². The summed E-state index contributed by atoms with van der Waals surface area (Å²) in [7, 11) is 0. The maximum Gasteiger partial charge on any atom is 0.127 e. The molecule has 1 aromatic heterocycles. The van der Waals surface area contributed by atoms with Crippen molar-refractivity contribution in [2.75, 3.05) is 6.54 Å². The van der Waals surface area contributed by atoms with Gasteiger partial charge in [-0.25, -0.2) is 4.39 Å². The highest BCUT2D eigenvalue weighted by molar-refractivity contribution is 7.12. The highest BCUT2D eigenvalue weighted by atomic mass is 32.1. The summed E-state index contributed by atoms with van der Waals surface area (Å²) in [5, 5.41) is 0. The van der Waals surface area contributed by atoms with E-state index in [1.54, 1.807) is 17.4 Å². The number of benzene rings is 1. The van der Waals surface area contributed by atoms with E-state index in [4.69, 9.17) is 5.73 Å². The van der Waals surface area contributed by atoms with Crippen LogP contribution in [0.5, 0.6) is 0 Å². The minimum atomic E-state index is -0.177. The van der Waals surface area contributed by atoms with Crippen molar-refractivity contribution in [3.63, 3.8) is 0 Å². The Labute approximate surface area is 98.7 Å². The number of hydrogen-bond acceptors (Lipinski definition) is 2. The summed E-state index contributed by atoms with van der Waals surface area (Å²) in [6.45, 7) is 2.48. The van der Waals surface area contributed by atoms with Gasteiger partial charge >= 0.3 is 0 Å². The lowest BCUT2D eigenvalue weighted by molar-refractivity contribution is 0.599. The molecule has 1 aromatic carbocycles. The molecule has 0 bridgehead atoms. The normalized spacial score (nSPS) is 12.7. The third-order valence-corrected chi connectivity index (χ3v) is 3.74.